The summed E-state index contributed by atoms with van der Waals surface area (Å²) < 4.78 is 153. The Bertz CT molecular complexity index is 882. The Morgan fingerprint density at radius 1 is 0.630 bits per heavy atom. The minimum atomic E-state index is -7.22. The van der Waals surface area contributed by atoms with Crippen molar-refractivity contribution in [2.45, 2.75) is 35.3 Å². The monoisotopic (exact) mass is 411 g/mol. The first kappa shape index (κ1) is 19.7. The van der Waals surface area contributed by atoms with Gasteiger partial charge in [-0.25, -0.2) is 4.39 Å². The molecule has 1 fully saturated rings. The minimum Gasteiger partial charge on any atom is -0.344 e. The SMILES string of the molecule is Cn1c(C2(F)C(F)(F)C(F)(F)C(F)(F)C(F)(F)C2(F)F)cc2ccccc21. The van der Waals surface area contributed by atoms with E-state index in [1.54, 1.807) is 0 Å². The lowest BCUT2D eigenvalue weighted by molar-refractivity contribution is -0.490. The Labute approximate surface area is 143 Å². The lowest BCUT2D eigenvalue weighted by Gasteiger charge is -2.52. The second-order valence-corrected chi connectivity index (χ2v) is 6.18. The average molecular weight is 411 g/mol. The number of alkyl halides is 11. The van der Waals surface area contributed by atoms with E-state index >= 15 is 4.39 Å². The van der Waals surface area contributed by atoms with Crippen molar-refractivity contribution in [3.05, 3.63) is 36.0 Å². The van der Waals surface area contributed by atoms with Gasteiger partial charge in [0.1, 0.15) is 0 Å². The van der Waals surface area contributed by atoms with Crippen LogP contribution in [0.3, 0.4) is 0 Å². The summed E-state index contributed by atoms with van der Waals surface area (Å²) in [4.78, 5) is 0. The molecule has 0 spiro atoms. The van der Waals surface area contributed by atoms with Gasteiger partial charge in [0.2, 0.25) is 0 Å². The predicted octanol–water partition coefficient (Wildman–Crippen LogP) is 5.53. The van der Waals surface area contributed by atoms with Gasteiger partial charge in [-0.2, -0.15) is 43.9 Å². The molecule has 2 aromatic rings. The standard InChI is InChI=1S/C15H8F11N/c1-27-8-5-3-2-4-7(8)6-9(27)10(16)11(17,18)13(21,22)15(25,26)14(23,24)12(10,19)20/h2-6H,1H3. The van der Waals surface area contributed by atoms with Crippen molar-refractivity contribution in [3.63, 3.8) is 0 Å². The number of aryl methyl sites for hydroxylation is 1. The molecule has 1 nitrogen and oxygen atoms in total. The van der Waals surface area contributed by atoms with Gasteiger partial charge >= 0.3 is 29.6 Å². The summed E-state index contributed by atoms with van der Waals surface area (Å²) in [5.74, 6) is -35.2. The maximum absolute atomic E-state index is 15.1. The number of hydrogen-bond donors (Lipinski definition) is 0. The molecule has 0 saturated heterocycles. The molecular formula is C15H8F11N. The normalized spacial score (nSPS) is 26.8. The highest BCUT2D eigenvalue weighted by molar-refractivity contribution is 5.81. The molecular weight excluding hydrogens is 403 g/mol. The van der Waals surface area contributed by atoms with Crippen LogP contribution in [0, 0.1) is 0 Å². The fourth-order valence-electron chi connectivity index (χ4n) is 3.16. The van der Waals surface area contributed by atoms with E-state index in [0.717, 1.165) is 12.1 Å². The second kappa shape index (κ2) is 4.88. The highest BCUT2D eigenvalue weighted by atomic mass is 19.4. The highest BCUT2D eigenvalue weighted by Crippen LogP contribution is 2.72. The lowest BCUT2D eigenvalue weighted by Crippen LogP contribution is -2.82. The van der Waals surface area contributed by atoms with Crippen LogP contribution in [0.15, 0.2) is 30.3 Å². The molecule has 3 rings (SSSR count). The summed E-state index contributed by atoms with van der Waals surface area (Å²) >= 11 is 0. The van der Waals surface area contributed by atoms with Gasteiger partial charge in [0.25, 0.3) is 5.67 Å². The first-order valence-corrected chi connectivity index (χ1v) is 7.13. The smallest absolute Gasteiger partial charge is 0.344 e. The number of benzene rings is 1. The summed E-state index contributed by atoms with van der Waals surface area (Å²) in [6.45, 7) is 0. The Morgan fingerprint density at radius 3 is 1.48 bits per heavy atom. The first-order chi connectivity index (χ1) is 12.0. The molecule has 150 valence electrons. The van der Waals surface area contributed by atoms with Gasteiger partial charge in [0, 0.05) is 12.6 Å². The number of nitrogens with zero attached hydrogens (tertiary/aromatic N) is 1. The summed E-state index contributed by atoms with van der Waals surface area (Å²) in [5, 5.41) is -0.234. The number of rotatable bonds is 1. The van der Waals surface area contributed by atoms with E-state index < -0.39 is 41.0 Å². The van der Waals surface area contributed by atoms with E-state index in [1.165, 1.54) is 12.1 Å². The third-order valence-electron chi connectivity index (χ3n) is 4.75. The van der Waals surface area contributed by atoms with Crippen molar-refractivity contribution in [1.29, 1.82) is 0 Å². The van der Waals surface area contributed by atoms with Gasteiger partial charge in [0.05, 0.1) is 5.69 Å². The van der Waals surface area contributed by atoms with Gasteiger partial charge in [-0.3, -0.25) is 0 Å². The first-order valence-electron chi connectivity index (χ1n) is 7.13. The molecule has 1 heterocycles. The van der Waals surface area contributed by atoms with Gasteiger partial charge < -0.3 is 4.57 Å². The minimum absolute atomic E-state index is 0.215. The summed E-state index contributed by atoms with van der Waals surface area (Å²) in [7, 11) is 0.675. The molecule has 1 aliphatic carbocycles. The Balaban J connectivity index is 2.46. The highest BCUT2D eigenvalue weighted by Gasteiger charge is 3.01. The molecule has 12 heteroatoms. The van der Waals surface area contributed by atoms with Crippen LogP contribution in [0.2, 0.25) is 0 Å². The molecule has 0 unspecified atom stereocenters. The molecule has 0 radical (unpaired) electrons. The summed E-state index contributed by atoms with van der Waals surface area (Å²) in [5.41, 5.74) is -8.38. The van der Waals surface area contributed by atoms with E-state index in [4.69, 9.17) is 0 Å². The van der Waals surface area contributed by atoms with E-state index in [0.29, 0.717) is 7.05 Å². The number of aromatic nitrogens is 1. The maximum atomic E-state index is 15.1. The zero-order valence-electron chi connectivity index (χ0n) is 13.0. The van der Waals surface area contributed by atoms with Gasteiger partial charge in [-0.05, 0) is 17.5 Å². The third kappa shape index (κ3) is 1.77. The average Bonchev–Trinajstić information content (AvgIpc) is 2.89. The molecule has 1 aromatic carbocycles. The summed E-state index contributed by atoms with van der Waals surface area (Å²) in [6, 6.07) is 4.85. The quantitative estimate of drug-likeness (QED) is 0.544. The number of hydrogen-bond acceptors (Lipinski definition) is 0. The predicted molar refractivity (Wildman–Crippen MR) is 70.4 cm³/mol. The van der Waals surface area contributed by atoms with Crippen LogP contribution in [0.25, 0.3) is 10.9 Å². The zero-order valence-corrected chi connectivity index (χ0v) is 13.0. The molecule has 0 atom stereocenters. The number of fused-ring (bicyclic) bond motifs is 1. The van der Waals surface area contributed by atoms with Crippen LogP contribution >= 0.6 is 0 Å². The van der Waals surface area contributed by atoms with Crippen LogP contribution in [0.5, 0.6) is 0 Å². The Kier molecular flexibility index (Phi) is 3.57. The van der Waals surface area contributed by atoms with Gasteiger partial charge in [-0.15, -0.1) is 0 Å². The molecule has 1 aromatic heterocycles. The van der Waals surface area contributed by atoms with Crippen LogP contribution in [-0.2, 0) is 12.7 Å². The Morgan fingerprint density at radius 2 is 1.04 bits per heavy atom. The fraction of sp³-hybridized carbons (Fsp3) is 0.467. The largest absolute Gasteiger partial charge is 0.384 e. The van der Waals surface area contributed by atoms with Crippen LogP contribution in [0.4, 0.5) is 48.3 Å². The molecule has 0 bridgehead atoms. The fourth-order valence-corrected chi connectivity index (χ4v) is 3.16. The zero-order chi connectivity index (χ0) is 20.8. The van der Waals surface area contributed by atoms with Crippen molar-refractivity contribution >= 4 is 10.9 Å². The molecule has 1 saturated carbocycles. The molecule has 0 aliphatic heterocycles. The molecule has 1 aliphatic rings. The molecule has 27 heavy (non-hydrogen) atoms. The topological polar surface area (TPSA) is 4.93 Å². The number of para-hydroxylation sites is 1. The van der Waals surface area contributed by atoms with Crippen LogP contribution < -0.4 is 0 Å². The van der Waals surface area contributed by atoms with Gasteiger partial charge in [0.15, 0.2) is 0 Å². The Hall–Kier alpha value is -2.01. The lowest BCUT2D eigenvalue weighted by atomic mass is 9.70. The van der Waals surface area contributed by atoms with Crippen molar-refractivity contribution in [3.8, 4) is 0 Å². The summed E-state index contributed by atoms with van der Waals surface area (Å²) in [6.07, 6.45) is 0. The van der Waals surface area contributed by atoms with E-state index in [-0.39, 0.29) is 21.5 Å². The van der Waals surface area contributed by atoms with Crippen molar-refractivity contribution < 1.29 is 48.3 Å². The van der Waals surface area contributed by atoms with Crippen LogP contribution in [-0.4, -0.2) is 34.2 Å². The van der Waals surface area contributed by atoms with E-state index in [1.807, 2.05) is 0 Å². The van der Waals surface area contributed by atoms with Gasteiger partial charge in [-0.1, -0.05) is 18.2 Å². The van der Waals surface area contributed by atoms with Crippen molar-refractivity contribution in [2.24, 2.45) is 7.05 Å². The van der Waals surface area contributed by atoms with Crippen molar-refractivity contribution in [1.82, 2.24) is 4.57 Å². The van der Waals surface area contributed by atoms with E-state index in [2.05, 4.69) is 0 Å². The second-order valence-electron chi connectivity index (χ2n) is 6.18. The van der Waals surface area contributed by atoms with Crippen LogP contribution in [0.1, 0.15) is 5.69 Å². The molecule has 0 N–H and O–H groups in total. The maximum Gasteiger partial charge on any atom is 0.384 e. The van der Waals surface area contributed by atoms with Crippen molar-refractivity contribution in [2.75, 3.05) is 0 Å². The number of halogens is 11. The molecule has 0 amide bonds. The van der Waals surface area contributed by atoms with E-state index in [9.17, 15) is 43.9 Å². The third-order valence-corrected chi connectivity index (χ3v) is 4.75.